The second-order valence-corrected chi connectivity index (χ2v) is 8.44. The lowest BCUT2D eigenvalue weighted by molar-refractivity contribution is 0.142. The lowest BCUT2D eigenvalue weighted by Crippen LogP contribution is -2.48. The highest BCUT2D eigenvalue weighted by molar-refractivity contribution is 5.75. The van der Waals surface area contributed by atoms with E-state index >= 15 is 0 Å². The van der Waals surface area contributed by atoms with Crippen LogP contribution in [0.2, 0.25) is 0 Å². The molecule has 3 atom stereocenters. The van der Waals surface area contributed by atoms with Crippen LogP contribution in [0, 0.1) is 11.8 Å². The van der Waals surface area contributed by atoms with Crippen LogP contribution in [0.5, 0.6) is 0 Å². The predicted molar refractivity (Wildman–Crippen MR) is 106 cm³/mol. The molecule has 1 aliphatic heterocycles. The molecule has 1 fully saturated rings. The van der Waals surface area contributed by atoms with E-state index in [1.54, 1.807) is 0 Å². The number of amides is 2. The first-order valence-corrected chi connectivity index (χ1v) is 10.2. The van der Waals surface area contributed by atoms with E-state index in [1.807, 2.05) is 17.2 Å². The Morgan fingerprint density at radius 1 is 1.19 bits per heavy atom. The molecule has 2 aliphatic rings. The van der Waals surface area contributed by atoms with Crippen molar-refractivity contribution in [2.24, 2.45) is 11.8 Å². The highest BCUT2D eigenvalue weighted by atomic mass is 16.2. The number of urea groups is 1. The number of fused-ring (bicyclic) bond motifs is 1. The summed E-state index contributed by atoms with van der Waals surface area (Å²) >= 11 is 0. The Hall–Kier alpha value is -2.30. The third-order valence-electron chi connectivity index (χ3n) is 5.89. The molecule has 0 bridgehead atoms. The molecular weight excluding hydrogens is 336 g/mol. The van der Waals surface area contributed by atoms with Crippen LogP contribution in [0.15, 0.2) is 36.5 Å². The van der Waals surface area contributed by atoms with E-state index in [0.717, 1.165) is 38.9 Å². The number of aromatic nitrogens is 2. The fourth-order valence-corrected chi connectivity index (χ4v) is 4.73. The summed E-state index contributed by atoms with van der Waals surface area (Å²) in [5.74, 6) is 1.16. The number of hydrogen-bond donors (Lipinski definition) is 1. The lowest BCUT2D eigenvalue weighted by Gasteiger charge is -2.36. The molecule has 2 aromatic rings. The van der Waals surface area contributed by atoms with Crippen LogP contribution in [-0.2, 0) is 13.0 Å². The molecule has 1 aromatic carbocycles. The molecule has 5 heteroatoms. The summed E-state index contributed by atoms with van der Waals surface area (Å²) in [6.45, 7) is 6.99. The van der Waals surface area contributed by atoms with E-state index in [-0.39, 0.29) is 12.1 Å². The van der Waals surface area contributed by atoms with Crippen molar-refractivity contribution in [2.75, 3.05) is 13.1 Å². The standard InChI is InChI=1S/C22H30N4O/c1-16-11-17(2)14-25(13-16)22(27)24-20-9-6-10-21-19(20)12-23-26(21)15-18-7-4-3-5-8-18/h3-5,7-8,12,16-17,20H,6,9-11,13-15H2,1-2H3,(H,24,27). The van der Waals surface area contributed by atoms with E-state index in [9.17, 15) is 4.79 Å². The average Bonchev–Trinajstić information content (AvgIpc) is 3.06. The first-order valence-electron chi connectivity index (χ1n) is 10.2. The van der Waals surface area contributed by atoms with Gasteiger partial charge in [0.15, 0.2) is 0 Å². The van der Waals surface area contributed by atoms with Gasteiger partial charge in [0, 0.05) is 24.3 Å². The van der Waals surface area contributed by atoms with Gasteiger partial charge in [-0.05, 0) is 43.1 Å². The van der Waals surface area contributed by atoms with Crippen molar-refractivity contribution in [2.45, 2.75) is 52.1 Å². The molecule has 2 heterocycles. The van der Waals surface area contributed by atoms with Gasteiger partial charge < -0.3 is 10.2 Å². The smallest absolute Gasteiger partial charge is 0.317 e. The normalized spacial score (nSPS) is 25.1. The minimum atomic E-state index is 0.0818. The molecule has 1 aliphatic carbocycles. The Morgan fingerprint density at radius 3 is 2.67 bits per heavy atom. The fraction of sp³-hybridized carbons (Fsp3) is 0.545. The molecular formula is C22H30N4O. The van der Waals surface area contributed by atoms with Crippen LogP contribution in [0.1, 0.15) is 56.0 Å². The largest absolute Gasteiger partial charge is 0.331 e. The highest BCUT2D eigenvalue weighted by Crippen LogP contribution is 2.30. The van der Waals surface area contributed by atoms with E-state index in [0.29, 0.717) is 11.8 Å². The van der Waals surface area contributed by atoms with Gasteiger partial charge in [-0.25, -0.2) is 4.79 Å². The van der Waals surface area contributed by atoms with Crippen molar-refractivity contribution in [3.05, 3.63) is 53.3 Å². The molecule has 5 nitrogen and oxygen atoms in total. The third-order valence-corrected chi connectivity index (χ3v) is 5.89. The fourth-order valence-electron chi connectivity index (χ4n) is 4.73. The Labute approximate surface area is 161 Å². The molecule has 144 valence electrons. The number of nitrogens with zero attached hydrogens (tertiary/aromatic N) is 3. The Kier molecular flexibility index (Phi) is 5.19. The number of piperidine rings is 1. The van der Waals surface area contributed by atoms with Gasteiger partial charge in [-0.15, -0.1) is 0 Å². The minimum absolute atomic E-state index is 0.0818. The average molecular weight is 367 g/mol. The van der Waals surface area contributed by atoms with Crippen LogP contribution in [0.4, 0.5) is 4.79 Å². The molecule has 1 saturated heterocycles. The predicted octanol–water partition coefficient (Wildman–Crippen LogP) is 4.00. The summed E-state index contributed by atoms with van der Waals surface area (Å²) in [7, 11) is 0. The molecule has 0 spiro atoms. The van der Waals surface area contributed by atoms with Crippen LogP contribution in [-0.4, -0.2) is 33.8 Å². The second-order valence-electron chi connectivity index (χ2n) is 8.44. The van der Waals surface area contributed by atoms with Crippen LogP contribution < -0.4 is 5.32 Å². The Balaban J connectivity index is 1.46. The molecule has 27 heavy (non-hydrogen) atoms. The Bertz CT molecular complexity index is 775. The maximum absolute atomic E-state index is 12.9. The van der Waals surface area contributed by atoms with Crippen molar-refractivity contribution in [3.8, 4) is 0 Å². The molecule has 2 amide bonds. The van der Waals surface area contributed by atoms with E-state index in [1.165, 1.54) is 23.2 Å². The summed E-state index contributed by atoms with van der Waals surface area (Å²) in [4.78, 5) is 14.9. The summed E-state index contributed by atoms with van der Waals surface area (Å²) in [5.41, 5.74) is 3.73. The topological polar surface area (TPSA) is 50.2 Å². The van der Waals surface area contributed by atoms with Gasteiger partial charge in [0.1, 0.15) is 0 Å². The van der Waals surface area contributed by atoms with Crippen molar-refractivity contribution in [1.29, 1.82) is 0 Å². The van der Waals surface area contributed by atoms with Gasteiger partial charge >= 0.3 is 6.03 Å². The molecule has 1 aromatic heterocycles. The third kappa shape index (κ3) is 4.02. The van der Waals surface area contributed by atoms with Gasteiger partial charge in [0.05, 0.1) is 18.8 Å². The first kappa shape index (κ1) is 18.1. The van der Waals surface area contributed by atoms with Crippen molar-refractivity contribution in [1.82, 2.24) is 20.0 Å². The molecule has 0 saturated carbocycles. The summed E-state index contributed by atoms with van der Waals surface area (Å²) < 4.78 is 2.11. The van der Waals surface area contributed by atoms with E-state index in [4.69, 9.17) is 0 Å². The molecule has 1 N–H and O–H groups in total. The summed E-state index contributed by atoms with van der Waals surface area (Å²) in [6, 6.07) is 10.6. The van der Waals surface area contributed by atoms with Gasteiger partial charge in [-0.3, -0.25) is 4.68 Å². The molecule has 4 rings (SSSR count). The summed E-state index contributed by atoms with van der Waals surface area (Å²) in [6.07, 6.45) is 6.29. The van der Waals surface area contributed by atoms with Gasteiger partial charge in [-0.2, -0.15) is 5.10 Å². The number of nitrogens with one attached hydrogen (secondary N) is 1. The van der Waals surface area contributed by atoms with Crippen molar-refractivity contribution in [3.63, 3.8) is 0 Å². The quantitative estimate of drug-likeness (QED) is 0.893. The zero-order valence-electron chi connectivity index (χ0n) is 16.4. The second kappa shape index (κ2) is 7.75. The van der Waals surface area contributed by atoms with Crippen molar-refractivity contribution < 1.29 is 4.79 Å². The number of rotatable bonds is 3. The highest BCUT2D eigenvalue weighted by Gasteiger charge is 2.30. The SMILES string of the molecule is CC1CC(C)CN(C(=O)NC2CCCc3c2cnn3Cc2ccccc2)C1. The number of hydrogen-bond acceptors (Lipinski definition) is 2. The van der Waals surface area contributed by atoms with Crippen LogP contribution in [0.25, 0.3) is 0 Å². The first-order chi connectivity index (χ1) is 13.1. The number of carbonyl (C=O) groups excluding carboxylic acids is 1. The number of likely N-dealkylation sites (tertiary alicyclic amines) is 1. The van der Waals surface area contributed by atoms with E-state index in [2.05, 4.69) is 53.2 Å². The Morgan fingerprint density at radius 2 is 1.93 bits per heavy atom. The minimum Gasteiger partial charge on any atom is -0.331 e. The van der Waals surface area contributed by atoms with Gasteiger partial charge in [-0.1, -0.05) is 44.2 Å². The lowest BCUT2D eigenvalue weighted by atomic mass is 9.91. The maximum atomic E-state index is 12.9. The summed E-state index contributed by atoms with van der Waals surface area (Å²) in [5, 5.41) is 7.94. The van der Waals surface area contributed by atoms with Crippen LogP contribution >= 0.6 is 0 Å². The monoisotopic (exact) mass is 366 g/mol. The zero-order chi connectivity index (χ0) is 18.8. The van der Waals surface area contributed by atoms with E-state index < -0.39 is 0 Å². The maximum Gasteiger partial charge on any atom is 0.317 e. The molecule has 0 radical (unpaired) electrons. The zero-order valence-corrected chi connectivity index (χ0v) is 16.4. The van der Waals surface area contributed by atoms with Gasteiger partial charge in [0.25, 0.3) is 0 Å². The molecule has 3 unspecified atom stereocenters. The van der Waals surface area contributed by atoms with Gasteiger partial charge in [0.2, 0.25) is 0 Å². The number of carbonyl (C=O) groups is 1. The number of benzene rings is 1. The van der Waals surface area contributed by atoms with Crippen LogP contribution in [0.3, 0.4) is 0 Å². The van der Waals surface area contributed by atoms with Crippen molar-refractivity contribution >= 4 is 6.03 Å².